The summed E-state index contributed by atoms with van der Waals surface area (Å²) >= 11 is 0. The number of sulfonamides is 1. The monoisotopic (exact) mass is 307 g/mol. The van der Waals surface area contributed by atoms with E-state index < -0.39 is 66.9 Å². The maximum Gasteiger partial charge on any atom is 0.215 e. The number of aromatic nitrogens is 1. The van der Waals surface area contributed by atoms with E-state index in [1.807, 2.05) is 0 Å². The largest absolute Gasteiger partial charge is 0.361 e. The van der Waals surface area contributed by atoms with Crippen molar-refractivity contribution in [1.29, 1.82) is 0 Å². The molecule has 2 aromatic rings. The van der Waals surface area contributed by atoms with Crippen LogP contribution < -0.4 is 4.72 Å². The smallest absolute Gasteiger partial charge is 0.215 e. The van der Waals surface area contributed by atoms with E-state index >= 15 is 0 Å². The molecule has 0 amide bonds. The molecule has 6 heteroatoms. The highest BCUT2D eigenvalue weighted by Gasteiger charge is 2.11. The first-order valence-corrected chi connectivity index (χ1v) is 7.28. The zero-order valence-corrected chi connectivity index (χ0v) is 11.2. The van der Waals surface area contributed by atoms with Crippen LogP contribution in [0.3, 0.4) is 0 Å². The molecule has 0 unspecified atom stereocenters. The van der Waals surface area contributed by atoms with E-state index in [9.17, 15) is 8.42 Å². The molecule has 0 aliphatic heterocycles. The van der Waals surface area contributed by atoms with Crippen LogP contribution in [-0.4, -0.2) is 45.8 Å². The number of rotatable bonds is 6. The Morgan fingerprint density at radius 1 is 1.45 bits per heavy atom. The second-order valence-corrected chi connectivity index (χ2v) is 5.90. The Hall–Kier alpha value is -1.37. The molecule has 0 atom stereocenters. The molecule has 1 aromatic carbocycles. The molecule has 0 aliphatic carbocycles. The number of H-pyrrole nitrogens is 1. The predicted molar refractivity (Wildman–Crippen MR) is 82.2 cm³/mol. The van der Waals surface area contributed by atoms with Gasteiger partial charge < -0.3 is 9.88 Å². The van der Waals surface area contributed by atoms with Crippen molar-refractivity contribution in [2.45, 2.75) is 12.2 Å². The molecule has 110 valence electrons. The summed E-state index contributed by atoms with van der Waals surface area (Å²) in [5.74, 6) is -1.04. The number of nitrogens with one attached hydrogen (secondary N) is 2. The van der Waals surface area contributed by atoms with E-state index in [4.69, 9.17) is 16.4 Å². The summed E-state index contributed by atoms with van der Waals surface area (Å²) in [7, 11) is -4.49. The molecular weight excluding hydrogens is 274 g/mol. The summed E-state index contributed by atoms with van der Waals surface area (Å²) in [6.07, 6.45) is 1.16. The van der Waals surface area contributed by atoms with Gasteiger partial charge in [0.2, 0.25) is 10.0 Å². The van der Waals surface area contributed by atoms with Crippen LogP contribution in [0.25, 0.3) is 10.9 Å². The summed E-state index contributed by atoms with van der Waals surface area (Å²) in [6.45, 7) is -9.32. The molecule has 2 N–H and O–H groups in total. The quantitative estimate of drug-likeness (QED) is 0.846. The lowest BCUT2D eigenvalue weighted by atomic mass is 10.1. The van der Waals surface area contributed by atoms with Crippen molar-refractivity contribution >= 4 is 20.9 Å². The van der Waals surface area contributed by atoms with Crippen molar-refractivity contribution in [1.82, 2.24) is 14.6 Å². The lowest BCUT2D eigenvalue weighted by molar-refractivity contribution is 0.414. The summed E-state index contributed by atoms with van der Waals surface area (Å²) in [6, 6.07) is -1.48. The van der Waals surface area contributed by atoms with Gasteiger partial charge in [-0.1, -0.05) is 6.04 Å². The van der Waals surface area contributed by atoms with E-state index in [-0.39, 0.29) is 22.9 Å². The van der Waals surface area contributed by atoms with Crippen LogP contribution >= 0.6 is 0 Å². The number of likely N-dealkylation sites (N-methyl/N-ethyl adjacent to an activating group) is 1. The Balaban J connectivity index is 2.52. The van der Waals surface area contributed by atoms with E-state index in [0.29, 0.717) is 4.90 Å². The summed E-state index contributed by atoms with van der Waals surface area (Å²) in [5, 5.41) is 0.0288. The van der Waals surface area contributed by atoms with Gasteiger partial charge >= 0.3 is 0 Å². The lowest BCUT2D eigenvalue weighted by Gasteiger charge is -2.08. The maximum atomic E-state index is 12.2. The fourth-order valence-corrected chi connectivity index (χ4v) is 2.35. The number of hydrogen-bond acceptors (Lipinski definition) is 3. The minimum atomic E-state index is -4.49. The standard InChI is InChI=1S/C14H21N3O2S/c1-15-20(18,19)10-11-4-5-14-13(8-11)12(9-16-14)6-7-17(2)3/h4-5,8-9,15-16H,6-7,10H2,1-3H3/i1D3,2D3,3D3,4D,5D,8D. The van der Waals surface area contributed by atoms with Gasteiger partial charge in [-0.25, -0.2) is 13.1 Å². The molecule has 0 aliphatic rings. The molecule has 1 aromatic heterocycles. The van der Waals surface area contributed by atoms with Gasteiger partial charge in [0.05, 0.1) is 9.87 Å². The van der Waals surface area contributed by atoms with Crippen molar-refractivity contribution in [3.05, 3.63) is 35.5 Å². The fourth-order valence-electron chi connectivity index (χ4n) is 1.75. The fraction of sp³-hybridized carbons (Fsp3) is 0.429. The first-order valence-electron chi connectivity index (χ1n) is 11.6. The lowest BCUT2D eigenvalue weighted by Crippen LogP contribution is -2.20. The molecule has 2 rings (SSSR count). The van der Waals surface area contributed by atoms with E-state index in [1.54, 1.807) is 0 Å². The number of benzene rings is 1. The average Bonchev–Trinajstić information content (AvgIpc) is 2.96. The maximum absolute atomic E-state index is 12.2. The molecule has 0 saturated carbocycles. The van der Waals surface area contributed by atoms with E-state index in [0.717, 1.165) is 0 Å². The van der Waals surface area contributed by atoms with Crippen molar-refractivity contribution in [3.63, 3.8) is 0 Å². The number of aromatic amines is 1. The predicted octanol–water partition coefficient (Wildman–Crippen LogP) is 1.32. The third kappa shape index (κ3) is 3.59. The minimum absolute atomic E-state index is 0.0224. The zero-order chi connectivity index (χ0) is 24.9. The molecule has 0 fully saturated rings. The van der Waals surface area contributed by atoms with Gasteiger partial charge in [-0.2, -0.15) is 0 Å². The Bertz CT molecular complexity index is 1090. The normalized spacial score (nSPS) is 23.1. The second kappa shape index (κ2) is 5.95. The number of nitrogens with zero attached hydrogens (tertiary/aromatic N) is 1. The van der Waals surface area contributed by atoms with Gasteiger partial charge in [-0.15, -0.1) is 0 Å². The van der Waals surface area contributed by atoms with Crippen LogP contribution in [-0.2, 0) is 22.2 Å². The SMILES string of the molecule is [2H]c1c(CS(=O)(=O)NC([2H])([2H])[2H])c([2H])c2c(CCN(C([2H])([2H])[2H])C([2H])([2H])[2H])c[nH]c2c1[2H]. The highest BCUT2D eigenvalue weighted by molar-refractivity contribution is 7.88. The van der Waals surface area contributed by atoms with Gasteiger partial charge in [0, 0.05) is 36.0 Å². The Labute approximate surface area is 136 Å². The van der Waals surface area contributed by atoms with Gasteiger partial charge in [0.25, 0.3) is 0 Å². The van der Waals surface area contributed by atoms with Crippen LogP contribution in [0, 0.1) is 0 Å². The van der Waals surface area contributed by atoms with Gasteiger partial charge in [0.1, 0.15) is 0 Å². The first-order chi connectivity index (χ1) is 14.2. The van der Waals surface area contributed by atoms with Crippen LogP contribution in [0.5, 0.6) is 0 Å². The minimum Gasteiger partial charge on any atom is -0.361 e. The molecule has 20 heavy (non-hydrogen) atoms. The third-order valence-electron chi connectivity index (χ3n) is 2.67. The highest BCUT2D eigenvalue weighted by Crippen LogP contribution is 2.21. The zero-order valence-electron chi connectivity index (χ0n) is 22.4. The Kier molecular flexibility index (Phi) is 1.72. The van der Waals surface area contributed by atoms with E-state index in [1.165, 1.54) is 10.9 Å². The van der Waals surface area contributed by atoms with Crippen molar-refractivity contribution in [2.75, 3.05) is 27.5 Å². The van der Waals surface area contributed by atoms with Crippen LogP contribution in [0.15, 0.2) is 24.3 Å². The van der Waals surface area contributed by atoms with Gasteiger partial charge in [-0.3, -0.25) is 0 Å². The van der Waals surface area contributed by atoms with Crippen LogP contribution in [0.2, 0.25) is 0 Å². The molecule has 0 radical (unpaired) electrons. The summed E-state index contributed by atoms with van der Waals surface area (Å²) in [4.78, 5) is 3.01. The Morgan fingerprint density at radius 2 is 2.30 bits per heavy atom. The first kappa shape index (κ1) is 5.79. The molecule has 0 bridgehead atoms. The molecule has 1 heterocycles. The van der Waals surface area contributed by atoms with Gasteiger partial charge in [0.15, 0.2) is 0 Å². The average molecular weight is 307 g/mol. The number of fused-ring (bicyclic) bond motifs is 1. The molecular formula is C14H21N3O2S. The summed E-state index contributed by atoms with van der Waals surface area (Å²) in [5.41, 5.74) is -0.141. The van der Waals surface area contributed by atoms with Crippen LogP contribution in [0.4, 0.5) is 0 Å². The molecule has 0 saturated heterocycles. The van der Waals surface area contributed by atoms with Gasteiger partial charge in [-0.05, 0) is 50.6 Å². The van der Waals surface area contributed by atoms with Crippen LogP contribution in [0.1, 0.15) is 27.6 Å². The highest BCUT2D eigenvalue weighted by atomic mass is 32.2. The van der Waals surface area contributed by atoms with E-state index in [2.05, 4.69) is 4.98 Å². The summed E-state index contributed by atoms with van der Waals surface area (Å²) < 4.78 is 116. The topological polar surface area (TPSA) is 65.2 Å². The Morgan fingerprint density at radius 3 is 3.05 bits per heavy atom. The molecule has 5 nitrogen and oxygen atoms in total. The molecule has 0 spiro atoms. The third-order valence-corrected chi connectivity index (χ3v) is 3.65. The van der Waals surface area contributed by atoms with Crippen molar-refractivity contribution in [2.24, 2.45) is 0 Å². The van der Waals surface area contributed by atoms with Crippen molar-refractivity contribution < 1.29 is 24.9 Å². The van der Waals surface area contributed by atoms with Crippen molar-refractivity contribution in [3.8, 4) is 0 Å². The number of hydrogen-bond donors (Lipinski definition) is 2. The second-order valence-electron chi connectivity index (χ2n) is 4.18.